The monoisotopic (exact) mass is 395 g/mol. The molecule has 0 bridgehead atoms. The van der Waals surface area contributed by atoms with E-state index in [-0.39, 0.29) is 17.7 Å². The normalized spacial score (nSPS) is 15.3. The second kappa shape index (κ2) is 8.09. The average molecular weight is 395 g/mol. The summed E-state index contributed by atoms with van der Waals surface area (Å²) in [5, 5.41) is 12.2. The van der Waals surface area contributed by atoms with Crippen LogP contribution in [0.1, 0.15) is 17.7 Å². The van der Waals surface area contributed by atoms with E-state index < -0.39 is 11.8 Å². The second-order valence-electron chi connectivity index (χ2n) is 6.68. The van der Waals surface area contributed by atoms with E-state index in [1.165, 1.54) is 36.5 Å². The van der Waals surface area contributed by atoms with Crippen molar-refractivity contribution in [2.24, 2.45) is 0 Å². The standard InChI is InChI=1S/C20H18FN5O3/c21-13-2-6-16(7-3-13)29-18-8-5-15(11-22-18)25-20(28)19(27)24-14-4-1-12-10-23-26-17(12)9-14/h2-3,5-8,10-11,14H,1,4,9H2,(H,23,26)(H,24,27)(H,25,28)/t14-/m1/s1. The number of aromatic nitrogens is 3. The van der Waals surface area contributed by atoms with Crippen LogP contribution < -0.4 is 15.4 Å². The maximum Gasteiger partial charge on any atom is 0.313 e. The van der Waals surface area contributed by atoms with E-state index in [1.807, 2.05) is 0 Å². The molecule has 0 unspecified atom stereocenters. The minimum Gasteiger partial charge on any atom is -0.439 e. The van der Waals surface area contributed by atoms with Crippen molar-refractivity contribution in [2.75, 3.05) is 5.32 Å². The minimum absolute atomic E-state index is 0.120. The molecule has 0 spiro atoms. The first kappa shape index (κ1) is 18.6. The molecule has 2 amide bonds. The maximum atomic E-state index is 12.9. The molecule has 8 nitrogen and oxygen atoms in total. The van der Waals surface area contributed by atoms with Crippen LogP contribution in [0, 0.1) is 5.82 Å². The first-order valence-corrected chi connectivity index (χ1v) is 9.09. The van der Waals surface area contributed by atoms with Gasteiger partial charge < -0.3 is 15.4 Å². The average Bonchev–Trinajstić information content (AvgIpc) is 3.19. The highest BCUT2D eigenvalue weighted by Gasteiger charge is 2.24. The van der Waals surface area contributed by atoms with Gasteiger partial charge in [-0.15, -0.1) is 0 Å². The molecular formula is C20H18FN5O3. The molecule has 1 atom stereocenters. The van der Waals surface area contributed by atoms with Gasteiger partial charge in [-0.05, 0) is 48.7 Å². The van der Waals surface area contributed by atoms with Gasteiger partial charge in [0.1, 0.15) is 11.6 Å². The number of anilines is 1. The second-order valence-corrected chi connectivity index (χ2v) is 6.68. The Morgan fingerprint density at radius 1 is 1.10 bits per heavy atom. The van der Waals surface area contributed by atoms with Crippen LogP contribution in [-0.2, 0) is 22.4 Å². The number of pyridine rings is 1. The Kier molecular flexibility index (Phi) is 5.19. The maximum absolute atomic E-state index is 12.9. The largest absolute Gasteiger partial charge is 0.439 e. The highest BCUT2D eigenvalue weighted by atomic mass is 19.1. The lowest BCUT2D eigenvalue weighted by atomic mass is 9.94. The summed E-state index contributed by atoms with van der Waals surface area (Å²) < 4.78 is 18.4. The van der Waals surface area contributed by atoms with E-state index in [0.717, 1.165) is 24.1 Å². The summed E-state index contributed by atoms with van der Waals surface area (Å²) in [7, 11) is 0. The Hall–Kier alpha value is -3.75. The molecule has 0 radical (unpaired) electrons. The summed E-state index contributed by atoms with van der Waals surface area (Å²) in [4.78, 5) is 28.4. The fraction of sp³-hybridized carbons (Fsp3) is 0.200. The molecule has 29 heavy (non-hydrogen) atoms. The Labute approximate surface area is 165 Å². The number of ether oxygens (including phenoxy) is 1. The number of benzene rings is 1. The SMILES string of the molecule is O=C(Nc1ccc(Oc2ccc(F)cc2)nc1)C(=O)N[C@@H]1CCc2cn[nH]c2C1. The molecule has 3 aromatic rings. The first-order chi connectivity index (χ1) is 14.1. The molecule has 0 fully saturated rings. The fourth-order valence-corrected chi connectivity index (χ4v) is 3.11. The van der Waals surface area contributed by atoms with Crippen molar-refractivity contribution in [3.63, 3.8) is 0 Å². The number of rotatable bonds is 4. The number of amides is 2. The zero-order valence-electron chi connectivity index (χ0n) is 15.3. The highest BCUT2D eigenvalue weighted by molar-refractivity contribution is 6.39. The van der Waals surface area contributed by atoms with Gasteiger partial charge in [-0.2, -0.15) is 5.10 Å². The molecule has 2 heterocycles. The van der Waals surface area contributed by atoms with Gasteiger partial charge in [0.2, 0.25) is 5.88 Å². The summed E-state index contributed by atoms with van der Waals surface area (Å²) in [6.07, 6.45) is 5.34. The van der Waals surface area contributed by atoms with Gasteiger partial charge in [-0.1, -0.05) is 0 Å². The van der Waals surface area contributed by atoms with Gasteiger partial charge in [0.15, 0.2) is 0 Å². The Bertz CT molecular complexity index is 1020. The van der Waals surface area contributed by atoms with E-state index >= 15 is 0 Å². The van der Waals surface area contributed by atoms with E-state index in [4.69, 9.17) is 4.74 Å². The summed E-state index contributed by atoms with van der Waals surface area (Å²) >= 11 is 0. The Balaban J connectivity index is 1.30. The number of nitrogens with one attached hydrogen (secondary N) is 3. The predicted molar refractivity (Wildman–Crippen MR) is 102 cm³/mol. The molecule has 0 saturated heterocycles. The van der Waals surface area contributed by atoms with Crippen LogP contribution in [0.4, 0.5) is 10.1 Å². The molecule has 9 heteroatoms. The van der Waals surface area contributed by atoms with Crippen molar-refractivity contribution in [1.82, 2.24) is 20.5 Å². The number of aromatic amines is 1. The van der Waals surface area contributed by atoms with Crippen LogP contribution in [-0.4, -0.2) is 33.0 Å². The molecule has 0 saturated carbocycles. The minimum atomic E-state index is -0.769. The number of aryl methyl sites for hydroxylation is 1. The third-order valence-electron chi connectivity index (χ3n) is 4.59. The van der Waals surface area contributed by atoms with Gasteiger partial charge >= 0.3 is 11.8 Å². The summed E-state index contributed by atoms with van der Waals surface area (Å²) in [5.74, 6) is -1.13. The molecular weight excluding hydrogens is 377 g/mol. The zero-order chi connectivity index (χ0) is 20.2. The zero-order valence-corrected chi connectivity index (χ0v) is 15.3. The molecule has 4 rings (SSSR count). The Morgan fingerprint density at radius 2 is 1.93 bits per heavy atom. The van der Waals surface area contributed by atoms with Gasteiger partial charge in [0.25, 0.3) is 0 Å². The highest BCUT2D eigenvalue weighted by Crippen LogP contribution is 2.21. The van der Waals surface area contributed by atoms with Crippen molar-refractivity contribution in [1.29, 1.82) is 0 Å². The quantitative estimate of drug-likeness (QED) is 0.588. The number of hydrogen-bond acceptors (Lipinski definition) is 5. The van der Waals surface area contributed by atoms with Crippen molar-refractivity contribution in [2.45, 2.75) is 25.3 Å². The molecule has 3 N–H and O–H groups in total. The summed E-state index contributed by atoms with van der Waals surface area (Å²) in [6, 6.07) is 8.50. The van der Waals surface area contributed by atoms with Crippen LogP contribution in [0.3, 0.4) is 0 Å². The first-order valence-electron chi connectivity index (χ1n) is 9.09. The molecule has 2 aromatic heterocycles. The molecule has 1 aromatic carbocycles. The topological polar surface area (TPSA) is 109 Å². The van der Waals surface area contributed by atoms with Crippen LogP contribution in [0.15, 0.2) is 48.8 Å². The number of hydrogen-bond donors (Lipinski definition) is 3. The van der Waals surface area contributed by atoms with Gasteiger partial charge in [0.05, 0.1) is 18.1 Å². The predicted octanol–water partition coefficient (Wildman–Crippen LogP) is 2.35. The van der Waals surface area contributed by atoms with Gasteiger partial charge in [0, 0.05) is 24.2 Å². The van der Waals surface area contributed by atoms with Crippen molar-refractivity contribution in [3.05, 3.63) is 65.9 Å². The van der Waals surface area contributed by atoms with Gasteiger partial charge in [-0.3, -0.25) is 14.7 Å². The number of carbonyl (C=O) groups is 2. The van der Waals surface area contributed by atoms with Crippen LogP contribution >= 0.6 is 0 Å². The summed E-state index contributed by atoms with van der Waals surface area (Å²) in [5.41, 5.74) is 2.49. The van der Waals surface area contributed by atoms with E-state index in [2.05, 4.69) is 25.8 Å². The molecule has 1 aliphatic rings. The molecule has 0 aliphatic heterocycles. The lowest BCUT2D eigenvalue weighted by Crippen LogP contribution is -2.44. The van der Waals surface area contributed by atoms with Crippen LogP contribution in [0.5, 0.6) is 11.6 Å². The smallest absolute Gasteiger partial charge is 0.313 e. The van der Waals surface area contributed by atoms with E-state index in [0.29, 0.717) is 17.9 Å². The van der Waals surface area contributed by atoms with E-state index in [9.17, 15) is 14.0 Å². The van der Waals surface area contributed by atoms with Crippen LogP contribution in [0.25, 0.3) is 0 Å². The summed E-state index contributed by atoms with van der Waals surface area (Å²) in [6.45, 7) is 0. The molecule has 148 valence electrons. The lowest BCUT2D eigenvalue weighted by Gasteiger charge is -2.22. The number of fused-ring (bicyclic) bond motifs is 1. The van der Waals surface area contributed by atoms with Crippen molar-refractivity contribution < 1.29 is 18.7 Å². The van der Waals surface area contributed by atoms with Crippen LogP contribution in [0.2, 0.25) is 0 Å². The third kappa shape index (κ3) is 4.57. The number of carbonyl (C=O) groups excluding carboxylic acids is 2. The lowest BCUT2D eigenvalue weighted by molar-refractivity contribution is -0.136. The number of H-pyrrole nitrogens is 1. The Morgan fingerprint density at radius 3 is 2.69 bits per heavy atom. The van der Waals surface area contributed by atoms with E-state index in [1.54, 1.807) is 12.3 Å². The van der Waals surface area contributed by atoms with Gasteiger partial charge in [-0.25, -0.2) is 9.37 Å². The fourth-order valence-electron chi connectivity index (χ4n) is 3.11. The molecule has 1 aliphatic carbocycles. The van der Waals surface area contributed by atoms with Crippen molar-refractivity contribution >= 4 is 17.5 Å². The van der Waals surface area contributed by atoms with Crippen molar-refractivity contribution in [3.8, 4) is 11.6 Å². The third-order valence-corrected chi connectivity index (χ3v) is 4.59. The number of nitrogens with zero attached hydrogens (tertiary/aromatic N) is 2. The number of halogens is 1.